The van der Waals surface area contributed by atoms with Crippen LogP contribution in [-0.4, -0.2) is 23.3 Å². The molecule has 0 aromatic carbocycles. The second-order valence-corrected chi connectivity index (χ2v) is 6.12. The van der Waals surface area contributed by atoms with Crippen molar-refractivity contribution in [3.63, 3.8) is 0 Å². The van der Waals surface area contributed by atoms with Crippen molar-refractivity contribution in [2.24, 2.45) is 0 Å². The molecule has 0 saturated carbocycles. The summed E-state index contributed by atoms with van der Waals surface area (Å²) in [5, 5.41) is 0. The Morgan fingerprint density at radius 2 is 1.70 bits per heavy atom. The van der Waals surface area contributed by atoms with Crippen LogP contribution in [0, 0.1) is 6.92 Å². The fourth-order valence-corrected chi connectivity index (χ4v) is 2.01. The first-order chi connectivity index (χ1) is 9.14. The molecule has 1 saturated heterocycles. The monoisotopic (exact) mass is 275 g/mol. The van der Waals surface area contributed by atoms with Crippen molar-refractivity contribution >= 4 is 24.7 Å². The highest BCUT2D eigenvalue weighted by molar-refractivity contribution is 6.52. The zero-order valence-electron chi connectivity index (χ0n) is 12.7. The standard InChI is InChI=1S/C14H22BN3O2/c1-9-10(12(17)18-8-11(9)16)6-7-15-19-13(2,3)14(4,5)20-15/h6-8H,16H2,1-5H3,(H2,17,18)/b7-6+. The summed E-state index contributed by atoms with van der Waals surface area (Å²) < 4.78 is 11.8. The lowest BCUT2D eigenvalue weighted by molar-refractivity contribution is 0.00578. The predicted molar refractivity (Wildman–Crippen MR) is 82.9 cm³/mol. The number of hydrogen-bond donors (Lipinski definition) is 2. The Morgan fingerprint density at radius 1 is 1.15 bits per heavy atom. The molecule has 0 bridgehead atoms. The molecule has 20 heavy (non-hydrogen) atoms. The quantitative estimate of drug-likeness (QED) is 0.808. The van der Waals surface area contributed by atoms with E-state index < -0.39 is 7.12 Å². The van der Waals surface area contributed by atoms with Gasteiger partial charge in [0.2, 0.25) is 0 Å². The molecular formula is C14H22BN3O2. The third kappa shape index (κ3) is 2.53. The Balaban J connectivity index is 2.22. The molecule has 1 aromatic heterocycles. The fraction of sp³-hybridized carbons (Fsp3) is 0.500. The van der Waals surface area contributed by atoms with E-state index in [4.69, 9.17) is 20.8 Å². The van der Waals surface area contributed by atoms with Crippen LogP contribution in [0.5, 0.6) is 0 Å². The van der Waals surface area contributed by atoms with E-state index in [0.717, 1.165) is 11.1 Å². The van der Waals surface area contributed by atoms with E-state index in [1.54, 1.807) is 6.20 Å². The number of nitrogen functional groups attached to an aromatic ring is 2. The van der Waals surface area contributed by atoms with Gasteiger partial charge in [-0.05, 0) is 40.2 Å². The average molecular weight is 275 g/mol. The normalized spacial score (nSPS) is 20.8. The third-order valence-electron chi connectivity index (χ3n) is 4.15. The van der Waals surface area contributed by atoms with Crippen LogP contribution in [0.15, 0.2) is 12.2 Å². The Morgan fingerprint density at radius 3 is 2.25 bits per heavy atom. The van der Waals surface area contributed by atoms with Gasteiger partial charge in [0.15, 0.2) is 0 Å². The molecule has 1 aromatic rings. The molecule has 0 aliphatic carbocycles. The number of anilines is 2. The molecule has 5 nitrogen and oxygen atoms in total. The van der Waals surface area contributed by atoms with Crippen LogP contribution in [0.25, 0.3) is 6.08 Å². The van der Waals surface area contributed by atoms with Crippen LogP contribution in [0.2, 0.25) is 0 Å². The van der Waals surface area contributed by atoms with Gasteiger partial charge >= 0.3 is 7.12 Å². The number of hydrogen-bond acceptors (Lipinski definition) is 5. The van der Waals surface area contributed by atoms with E-state index in [1.165, 1.54) is 0 Å². The minimum atomic E-state index is -0.403. The van der Waals surface area contributed by atoms with Gasteiger partial charge in [0.25, 0.3) is 0 Å². The lowest BCUT2D eigenvalue weighted by Gasteiger charge is -2.32. The first-order valence-corrected chi connectivity index (χ1v) is 6.68. The van der Waals surface area contributed by atoms with E-state index in [0.29, 0.717) is 11.5 Å². The Kier molecular flexibility index (Phi) is 3.56. The maximum atomic E-state index is 5.89. The highest BCUT2D eigenvalue weighted by Gasteiger charge is 2.50. The summed E-state index contributed by atoms with van der Waals surface area (Å²) in [4.78, 5) is 4.06. The maximum Gasteiger partial charge on any atom is 0.487 e. The summed E-state index contributed by atoms with van der Waals surface area (Å²) in [5.74, 6) is 2.29. The second-order valence-electron chi connectivity index (χ2n) is 6.12. The van der Waals surface area contributed by atoms with E-state index in [9.17, 15) is 0 Å². The topological polar surface area (TPSA) is 83.4 Å². The average Bonchev–Trinajstić information content (AvgIpc) is 2.53. The van der Waals surface area contributed by atoms with Gasteiger partial charge < -0.3 is 20.8 Å². The summed E-state index contributed by atoms with van der Waals surface area (Å²) >= 11 is 0. The number of pyridine rings is 1. The van der Waals surface area contributed by atoms with Crippen LogP contribution in [0.3, 0.4) is 0 Å². The van der Waals surface area contributed by atoms with Crippen LogP contribution in [0.1, 0.15) is 38.8 Å². The van der Waals surface area contributed by atoms with E-state index in [1.807, 2.05) is 46.7 Å². The lowest BCUT2D eigenvalue weighted by atomic mass is 9.88. The molecule has 2 rings (SSSR count). The van der Waals surface area contributed by atoms with Crippen molar-refractivity contribution in [2.75, 3.05) is 11.5 Å². The zero-order valence-corrected chi connectivity index (χ0v) is 12.7. The van der Waals surface area contributed by atoms with E-state index in [-0.39, 0.29) is 11.2 Å². The van der Waals surface area contributed by atoms with E-state index >= 15 is 0 Å². The van der Waals surface area contributed by atoms with Crippen molar-refractivity contribution in [3.8, 4) is 0 Å². The van der Waals surface area contributed by atoms with Gasteiger partial charge in [-0.25, -0.2) is 4.98 Å². The van der Waals surface area contributed by atoms with Crippen LogP contribution in [0.4, 0.5) is 11.5 Å². The van der Waals surface area contributed by atoms with Crippen molar-refractivity contribution < 1.29 is 9.31 Å². The first-order valence-electron chi connectivity index (χ1n) is 6.68. The van der Waals surface area contributed by atoms with Crippen molar-refractivity contribution in [2.45, 2.75) is 45.8 Å². The highest BCUT2D eigenvalue weighted by atomic mass is 16.7. The Bertz CT molecular complexity index is 540. The van der Waals surface area contributed by atoms with Gasteiger partial charge in [-0.2, -0.15) is 0 Å². The van der Waals surface area contributed by atoms with Crippen molar-refractivity contribution in [1.82, 2.24) is 4.98 Å². The minimum Gasteiger partial charge on any atom is -0.400 e. The van der Waals surface area contributed by atoms with Gasteiger partial charge in [0.05, 0.1) is 23.1 Å². The van der Waals surface area contributed by atoms with Gasteiger partial charge in [-0.1, -0.05) is 12.1 Å². The van der Waals surface area contributed by atoms with Gasteiger partial charge in [0.1, 0.15) is 5.82 Å². The van der Waals surface area contributed by atoms with Gasteiger partial charge in [0, 0.05) is 5.56 Å². The minimum absolute atomic E-state index is 0.351. The fourth-order valence-electron chi connectivity index (χ4n) is 2.01. The number of nitrogens with two attached hydrogens (primary N) is 2. The Hall–Kier alpha value is -1.53. The summed E-state index contributed by atoms with van der Waals surface area (Å²) in [5.41, 5.74) is 13.4. The zero-order chi connectivity index (χ0) is 15.1. The molecule has 1 fully saturated rings. The molecule has 0 amide bonds. The first kappa shape index (κ1) is 14.9. The molecule has 0 radical (unpaired) electrons. The number of nitrogens with zero attached hydrogens (tertiary/aromatic N) is 1. The molecule has 4 N–H and O–H groups in total. The molecule has 0 atom stereocenters. The van der Waals surface area contributed by atoms with Crippen molar-refractivity contribution in [1.29, 1.82) is 0 Å². The lowest BCUT2D eigenvalue weighted by Crippen LogP contribution is -2.41. The number of aromatic nitrogens is 1. The van der Waals surface area contributed by atoms with Gasteiger partial charge in [-0.15, -0.1) is 0 Å². The van der Waals surface area contributed by atoms with Crippen LogP contribution < -0.4 is 11.5 Å². The third-order valence-corrected chi connectivity index (χ3v) is 4.15. The largest absolute Gasteiger partial charge is 0.487 e. The number of rotatable bonds is 2. The molecule has 6 heteroatoms. The molecule has 1 aliphatic rings. The molecule has 2 heterocycles. The smallest absolute Gasteiger partial charge is 0.400 e. The molecule has 0 unspecified atom stereocenters. The van der Waals surface area contributed by atoms with Crippen LogP contribution >= 0.6 is 0 Å². The molecular weight excluding hydrogens is 253 g/mol. The highest BCUT2D eigenvalue weighted by Crippen LogP contribution is 2.37. The molecule has 0 spiro atoms. The van der Waals surface area contributed by atoms with E-state index in [2.05, 4.69) is 4.98 Å². The molecule has 1 aliphatic heterocycles. The van der Waals surface area contributed by atoms with Crippen LogP contribution in [-0.2, 0) is 9.31 Å². The van der Waals surface area contributed by atoms with Gasteiger partial charge in [-0.3, -0.25) is 0 Å². The predicted octanol–water partition coefficient (Wildman–Crippen LogP) is 2.20. The Labute approximate surface area is 120 Å². The molecule has 108 valence electrons. The summed E-state index contributed by atoms with van der Waals surface area (Å²) in [7, 11) is -0.403. The maximum absolute atomic E-state index is 5.89. The summed E-state index contributed by atoms with van der Waals surface area (Å²) in [6.07, 6.45) is 3.42. The summed E-state index contributed by atoms with van der Waals surface area (Å²) in [6, 6.07) is 0. The second kappa shape index (κ2) is 4.79. The van der Waals surface area contributed by atoms with Crippen molar-refractivity contribution in [3.05, 3.63) is 23.3 Å². The summed E-state index contributed by atoms with van der Waals surface area (Å²) in [6.45, 7) is 9.98. The SMILES string of the molecule is Cc1c(N)cnc(N)c1/C=C/B1OC(C)(C)C(C)(C)O1.